The van der Waals surface area contributed by atoms with Gasteiger partial charge in [0.1, 0.15) is 5.82 Å². The summed E-state index contributed by atoms with van der Waals surface area (Å²) in [6.07, 6.45) is 0. The van der Waals surface area contributed by atoms with Gasteiger partial charge in [0, 0.05) is 26.6 Å². The Balaban J connectivity index is 2.03. The molecule has 0 N–H and O–H groups in total. The molecule has 25 heavy (non-hydrogen) atoms. The smallest absolute Gasteiger partial charge is 0.123 e. The second-order valence-electron chi connectivity index (χ2n) is 5.70. The van der Waals surface area contributed by atoms with Gasteiger partial charge in [-0.2, -0.15) is 0 Å². The van der Waals surface area contributed by atoms with E-state index in [1.165, 1.54) is 12.1 Å². The van der Waals surface area contributed by atoms with Gasteiger partial charge in [-0.3, -0.25) is 0 Å². The molecule has 122 valence electrons. The van der Waals surface area contributed by atoms with Gasteiger partial charge in [-0.05, 0) is 60.2 Å². The molecule has 0 saturated carbocycles. The van der Waals surface area contributed by atoms with Crippen LogP contribution in [0.2, 0.25) is 10.0 Å². The van der Waals surface area contributed by atoms with Crippen LogP contribution >= 0.6 is 23.2 Å². The normalized spacial score (nSPS) is 11.0. The molecular weight excluding hydrogens is 356 g/mol. The van der Waals surface area contributed by atoms with Gasteiger partial charge in [-0.25, -0.2) is 9.37 Å². The van der Waals surface area contributed by atoms with Crippen LogP contribution in [0.3, 0.4) is 0 Å². The number of fused-ring (bicyclic) bond motifs is 1. The van der Waals surface area contributed by atoms with Crippen molar-refractivity contribution in [3.63, 3.8) is 0 Å². The Bertz CT molecular complexity index is 1070. The number of hydrogen-bond donors (Lipinski definition) is 0. The van der Waals surface area contributed by atoms with Gasteiger partial charge in [-0.1, -0.05) is 41.4 Å². The van der Waals surface area contributed by atoms with Crippen molar-refractivity contribution in [1.29, 1.82) is 0 Å². The van der Waals surface area contributed by atoms with Crippen molar-refractivity contribution in [1.82, 2.24) is 4.98 Å². The Morgan fingerprint density at radius 2 is 1.52 bits per heavy atom. The summed E-state index contributed by atoms with van der Waals surface area (Å²) in [4.78, 5) is 4.71. The van der Waals surface area contributed by atoms with Crippen LogP contribution in [0.15, 0.2) is 72.8 Å². The molecule has 0 radical (unpaired) electrons. The van der Waals surface area contributed by atoms with E-state index in [-0.39, 0.29) is 5.82 Å². The molecule has 0 unspecified atom stereocenters. The minimum atomic E-state index is -0.275. The number of nitrogens with zero attached hydrogens (tertiary/aromatic N) is 1. The topological polar surface area (TPSA) is 12.9 Å². The molecule has 0 amide bonds. The summed E-state index contributed by atoms with van der Waals surface area (Å²) >= 11 is 12.6. The second-order valence-corrected chi connectivity index (χ2v) is 6.55. The average Bonchev–Trinajstić information content (AvgIpc) is 2.62. The second kappa shape index (κ2) is 6.47. The molecular formula is C21H12Cl2FN. The van der Waals surface area contributed by atoms with Crippen LogP contribution in [-0.4, -0.2) is 4.98 Å². The zero-order valence-corrected chi connectivity index (χ0v) is 14.5. The maximum Gasteiger partial charge on any atom is 0.123 e. The summed E-state index contributed by atoms with van der Waals surface area (Å²) in [5.41, 5.74) is 4.25. The van der Waals surface area contributed by atoms with Crippen LogP contribution in [0.25, 0.3) is 33.3 Å². The number of pyridine rings is 1. The molecule has 0 atom stereocenters. The molecule has 1 nitrogen and oxygen atoms in total. The standard InChI is InChI=1S/C21H12Cl2FN/c22-14-7-10-20-18(11-14)17(16-3-1-2-4-19(16)23)12-21(25-20)13-5-8-15(24)9-6-13/h1-12H. The summed E-state index contributed by atoms with van der Waals surface area (Å²) in [5, 5.41) is 2.21. The van der Waals surface area contributed by atoms with E-state index in [2.05, 4.69) is 0 Å². The van der Waals surface area contributed by atoms with Gasteiger partial charge in [0.25, 0.3) is 0 Å². The predicted octanol–water partition coefficient (Wildman–Crippen LogP) is 7.01. The molecule has 0 saturated heterocycles. The molecule has 0 spiro atoms. The van der Waals surface area contributed by atoms with Crippen LogP contribution < -0.4 is 0 Å². The molecule has 0 bridgehead atoms. The molecule has 0 fully saturated rings. The van der Waals surface area contributed by atoms with Crippen LogP contribution in [-0.2, 0) is 0 Å². The van der Waals surface area contributed by atoms with E-state index in [1.807, 2.05) is 48.5 Å². The molecule has 4 heteroatoms. The monoisotopic (exact) mass is 367 g/mol. The van der Waals surface area contributed by atoms with Crippen LogP contribution in [0.4, 0.5) is 4.39 Å². The Kier molecular flexibility index (Phi) is 4.16. The summed E-state index contributed by atoms with van der Waals surface area (Å²) in [6, 6.07) is 21.5. The first kappa shape index (κ1) is 16.1. The minimum absolute atomic E-state index is 0.275. The quantitative estimate of drug-likeness (QED) is 0.371. The van der Waals surface area contributed by atoms with Gasteiger partial charge in [-0.15, -0.1) is 0 Å². The number of aromatic nitrogens is 1. The third-order valence-corrected chi connectivity index (χ3v) is 4.64. The van der Waals surface area contributed by atoms with Crippen molar-refractivity contribution < 1.29 is 4.39 Å². The van der Waals surface area contributed by atoms with E-state index in [0.29, 0.717) is 10.0 Å². The molecule has 1 aromatic heterocycles. The Morgan fingerprint density at radius 3 is 2.28 bits per heavy atom. The highest BCUT2D eigenvalue weighted by molar-refractivity contribution is 6.34. The maximum absolute atomic E-state index is 13.2. The van der Waals surface area contributed by atoms with Crippen molar-refractivity contribution in [3.05, 3.63) is 88.7 Å². The fraction of sp³-hybridized carbons (Fsp3) is 0. The zero-order chi connectivity index (χ0) is 17.4. The highest BCUT2D eigenvalue weighted by Gasteiger charge is 2.12. The van der Waals surface area contributed by atoms with Gasteiger partial charge >= 0.3 is 0 Å². The molecule has 0 aliphatic carbocycles. The van der Waals surface area contributed by atoms with Crippen molar-refractivity contribution in [3.8, 4) is 22.4 Å². The van der Waals surface area contributed by atoms with Crippen molar-refractivity contribution in [2.45, 2.75) is 0 Å². The third-order valence-electron chi connectivity index (χ3n) is 4.07. The highest BCUT2D eigenvalue weighted by Crippen LogP contribution is 2.36. The molecule has 0 aliphatic heterocycles. The van der Waals surface area contributed by atoms with Crippen LogP contribution in [0.1, 0.15) is 0 Å². The molecule has 4 rings (SSSR count). The average molecular weight is 368 g/mol. The Hall–Kier alpha value is -2.42. The van der Waals surface area contributed by atoms with E-state index < -0.39 is 0 Å². The van der Waals surface area contributed by atoms with Crippen molar-refractivity contribution in [2.75, 3.05) is 0 Å². The fourth-order valence-electron chi connectivity index (χ4n) is 2.87. The van der Waals surface area contributed by atoms with Crippen molar-refractivity contribution in [2.24, 2.45) is 0 Å². The molecule has 0 aliphatic rings. The zero-order valence-electron chi connectivity index (χ0n) is 13.0. The molecule has 4 aromatic rings. The lowest BCUT2D eigenvalue weighted by atomic mass is 9.98. The lowest BCUT2D eigenvalue weighted by molar-refractivity contribution is 0.628. The lowest BCUT2D eigenvalue weighted by Crippen LogP contribution is -1.91. The lowest BCUT2D eigenvalue weighted by Gasteiger charge is -2.12. The number of halogens is 3. The van der Waals surface area contributed by atoms with Crippen LogP contribution in [0, 0.1) is 5.82 Å². The summed E-state index contributed by atoms with van der Waals surface area (Å²) in [5.74, 6) is -0.275. The SMILES string of the molecule is Fc1ccc(-c2cc(-c3ccccc3Cl)c3cc(Cl)ccc3n2)cc1. The highest BCUT2D eigenvalue weighted by atomic mass is 35.5. The van der Waals surface area contributed by atoms with E-state index in [4.69, 9.17) is 28.2 Å². The predicted molar refractivity (Wildman–Crippen MR) is 103 cm³/mol. The van der Waals surface area contributed by atoms with E-state index in [1.54, 1.807) is 12.1 Å². The summed E-state index contributed by atoms with van der Waals surface area (Å²) < 4.78 is 13.2. The van der Waals surface area contributed by atoms with Gasteiger partial charge in [0.05, 0.1) is 11.2 Å². The summed E-state index contributed by atoms with van der Waals surface area (Å²) in [7, 11) is 0. The minimum Gasteiger partial charge on any atom is -0.248 e. The first-order valence-corrected chi connectivity index (χ1v) is 8.48. The van der Waals surface area contributed by atoms with Gasteiger partial charge in [0.2, 0.25) is 0 Å². The van der Waals surface area contributed by atoms with E-state index >= 15 is 0 Å². The number of rotatable bonds is 2. The van der Waals surface area contributed by atoms with Gasteiger partial charge in [0.15, 0.2) is 0 Å². The van der Waals surface area contributed by atoms with E-state index in [9.17, 15) is 4.39 Å². The molecule has 1 heterocycles. The van der Waals surface area contributed by atoms with E-state index in [0.717, 1.165) is 33.3 Å². The maximum atomic E-state index is 13.2. The number of benzene rings is 3. The van der Waals surface area contributed by atoms with Crippen molar-refractivity contribution >= 4 is 34.1 Å². The first-order valence-electron chi connectivity index (χ1n) is 7.73. The third kappa shape index (κ3) is 3.11. The summed E-state index contributed by atoms with van der Waals surface area (Å²) in [6.45, 7) is 0. The largest absolute Gasteiger partial charge is 0.248 e. The Morgan fingerprint density at radius 1 is 0.760 bits per heavy atom. The van der Waals surface area contributed by atoms with Gasteiger partial charge < -0.3 is 0 Å². The van der Waals surface area contributed by atoms with Crippen LogP contribution in [0.5, 0.6) is 0 Å². The molecule has 3 aromatic carbocycles. The first-order chi connectivity index (χ1) is 12.1. The fourth-order valence-corrected chi connectivity index (χ4v) is 3.28. The number of hydrogen-bond acceptors (Lipinski definition) is 1. The Labute approximate surface area is 154 Å².